The molecule has 0 radical (unpaired) electrons. The second-order valence-corrected chi connectivity index (χ2v) is 3.00. The minimum atomic E-state index is -0.599. The van der Waals surface area contributed by atoms with E-state index >= 15 is 0 Å². The highest BCUT2D eigenvalue weighted by Crippen LogP contribution is 2.22. The van der Waals surface area contributed by atoms with Crippen molar-refractivity contribution < 1.29 is 9.13 Å². The second-order valence-electron chi connectivity index (χ2n) is 3.00. The predicted molar refractivity (Wildman–Crippen MR) is 42.4 cm³/mol. The molecule has 66 valence electrons. The van der Waals surface area contributed by atoms with Gasteiger partial charge in [0.05, 0.1) is 0 Å². The summed E-state index contributed by atoms with van der Waals surface area (Å²) in [7, 11) is 1.68. The minimum Gasteiger partial charge on any atom is -0.385 e. The fourth-order valence-electron chi connectivity index (χ4n) is 1.19. The smallest absolute Gasteiger partial charge is 0.115 e. The first-order valence-electron chi connectivity index (χ1n) is 4.21. The monoisotopic (exact) mass is 161 g/mol. The molecule has 2 nitrogen and oxygen atoms in total. The Labute approximate surface area is 67.1 Å². The number of methoxy groups -OCH3 is 1. The normalized spacial score (nSPS) is 30.0. The Balaban J connectivity index is 1.87. The number of alkyl halides is 1. The molecule has 0 bridgehead atoms. The molecule has 3 heteroatoms. The van der Waals surface area contributed by atoms with E-state index in [0.29, 0.717) is 0 Å². The maximum atomic E-state index is 12.6. The van der Waals surface area contributed by atoms with Crippen LogP contribution in [0, 0.1) is 0 Å². The highest BCUT2D eigenvalue weighted by atomic mass is 19.1. The summed E-state index contributed by atoms with van der Waals surface area (Å²) in [6.45, 7) is 1.63. The molecular formula is C8H16FNO. The van der Waals surface area contributed by atoms with Crippen LogP contribution < -0.4 is 5.32 Å². The summed E-state index contributed by atoms with van der Waals surface area (Å²) >= 11 is 0. The van der Waals surface area contributed by atoms with Gasteiger partial charge in [-0.2, -0.15) is 0 Å². The third kappa shape index (κ3) is 2.75. The molecule has 0 amide bonds. The zero-order chi connectivity index (χ0) is 8.10. The van der Waals surface area contributed by atoms with Gasteiger partial charge >= 0.3 is 0 Å². The van der Waals surface area contributed by atoms with Crippen LogP contribution in [0.5, 0.6) is 0 Å². The van der Waals surface area contributed by atoms with Crippen molar-refractivity contribution in [1.82, 2.24) is 5.32 Å². The number of hydrogen-bond donors (Lipinski definition) is 1. The lowest BCUT2D eigenvalue weighted by molar-refractivity contribution is 0.136. The Bertz CT molecular complexity index is 110. The Morgan fingerprint density at radius 1 is 1.55 bits per heavy atom. The average Bonchev–Trinajstić information content (AvgIpc) is 2.02. The lowest BCUT2D eigenvalue weighted by Crippen LogP contribution is -2.45. The quantitative estimate of drug-likeness (QED) is 0.610. The maximum Gasteiger partial charge on any atom is 0.115 e. The van der Waals surface area contributed by atoms with Crippen molar-refractivity contribution in [2.75, 3.05) is 20.3 Å². The summed E-state index contributed by atoms with van der Waals surface area (Å²) in [4.78, 5) is 0. The Hall–Kier alpha value is -0.150. The van der Waals surface area contributed by atoms with Gasteiger partial charge in [-0.3, -0.25) is 0 Å². The van der Waals surface area contributed by atoms with Gasteiger partial charge in [-0.25, -0.2) is 4.39 Å². The van der Waals surface area contributed by atoms with E-state index in [2.05, 4.69) is 5.32 Å². The minimum absolute atomic E-state index is 0.131. The molecule has 1 rings (SSSR count). The Morgan fingerprint density at radius 2 is 2.36 bits per heavy atom. The number of ether oxygens (including phenoxy) is 1. The zero-order valence-electron chi connectivity index (χ0n) is 6.98. The number of rotatable bonds is 5. The molecule has 0 aromatic rings. The van der Waals surface area contributed by atoms with E-state index in [1.54, 1.807) is 7.11 Å². The van der Waals surface area contributed by atoms with E-state index < -0.39 is 6.17 Å². The fraction of sp³-hybridized carbons (Fsp3) is 1.00. The summed E-state index contributed by atoms with van der Waals surface area (Å²) in [5.41, 5.74) is 0. The molecule has 0 aromatic carbocycles. The third-order valence-electron chi connectivity index (χ3n) is 2.12. The predicted octanol–water partition coefficient (Wildman–Crippen LogP) is 1.11. The van der Waals surface area contributed by atoms with E-state index in [1.165, 1.54) is 0 Å². The molecule has 1 saturated carbocycles. The van der Waals surface area contributed by atoms with Crippen molar-refractivity contribution in [1.29, 1.82) is 0 Å². The molecule has 0 heterocycles. The van der Waals surface area contributed by atoms with Gasteiger partial charge in [-0.05, 0) is 25.8 Å². The van der Waals surface area contributed by atoms with Crippen molar-refractivity contribution in [2.45, 2.75) is 31.5 Å². The van der Waals surface area contributed by atoms with Crippen molar-refractivity contribution in [3.05, 3.63) is 0 Å². The number of hydrogen-bond acceptors (Lipinski definition) is 2. The summed E-state index contributed by atoms with van der Waals surface area (Å²) in [6.07, 6.45) is 2.10. The SMILES string of the molecule is COCCCNC1CCC1F. The molecular weight excluding hydrogens is 145 g/mol. The van der Waals surface area contributed by atoms with Gasteiger partial charge in [0, 0.05) is 19.8 Å². The highest BCUT2D eigenvalue weighted by molar-refractivity contribution is 4.86. The van der Waals surface area contributed by atoms with Crippen LogP contribution in [0.25, 0.3) is 0 Å². The van der Waals surface area contributed by atoms with Gasteiger partial charge in [0.1, 0.15) is 6.17 Å². The Kier molecular flexibility index (Phi) is 3.80. The zero-order valence-corrected chi connectivity index (χ0v) is 6.98. The van der Waals surface area contributed by atoms with Crippen molar-refractivity contribution in [3.63, 3.8) is 0 Å². The van der Waals surface area contributed by atoms with E-state index in [9.17, 15) is 4.39 Å². The van der Waals surface area contributed by atoms with Crippen LogP contribution in [-0.2, 0) is 4.74 Å². The van der Waals surface area contributed by atoms with Crippen LogP contribution in [0.15, 0.2) is 0 Å². The topological polar surface area (TPSA) is 21.3 Å². The fourth-order valence-corrected chi connectivity index (χ4v) is 1.19. The first kappa shape index (κ1) is 8.94. The van der Waals surface area contributed by atoms with Crippen molar-refractivity contribution in [3.8, 4) is 0 Å². The lowest BCUT2D eigenvalue weighted by Gasteiger charge is -2.31. The first-order valence-corrected chi connectivity index (χ1v) is 4.21. The van der Waals surface area contributed by atoms with Crippen LogP contribution in [0.2, 0.25) is 0 Å². The standard InChI is InChI=1S/C8H16FNO/c1-11-6-2-5-10-8-4-3-7(8)9/h7-8,10H,2-6H2,1H3. The molecule has 2 atom stereocenters. The highest BCUT2D eigenvalue weighted by Gasteiger charge is 2.29. The van der Waals surface area contributed by atoms with Crippen molar-refractivity contribution >= 4 is 0 Å². The summed E-state index contributed by atoms with van der Waals surface area (Å²) in [6, 6.07) is 0.131. The van der Waals surface area contributed by atoms with Gasteiger partial charge < -0.3 is 10.1 Å². The van der Waals surface area contributed by atoms with E-state index in [-0.39, 0.29) is 6.04 Å². The van der Waals surface area contributed by atoms with Crippen LogP contribution in [0.1, 0.15) is 19.3 Å². The van der Waals surface area contributed by atoms with E-state index in [1.807, 2.05) is 0 Å². The molecule has 0 saturated heterocycles. The lowest BCUT2D eigenvalue weighted by atomic mass is 9.90. The van der Waals surface area contributed by atoms with Gasteiger partial charge in [0.2, 0.25) is 0 Å². The first-order chi connectivity index (χ1) is 5.34. The summed E-state index contributed by atoms with van der Waals surface area (Å²) in [5.74, 6) is 0. The van der Waals surface area contributed by atoms with Crippen LogP contribution in [0.4, 0.5) is 4.39 Å². The molecule has 1 aliphatic carbocycles. The molecule has 0 aliphatic heterocycles. The number of nitrogens with one attached hydrogen (secondary N) is 1. The largest absolute Gasteiger partial charge is 0.385 e. The summed E-state index contributed by atoms with van der Waals surface area (Å²) in [5, 5.41) is 3.15. The molecule has 2 unspecified atom stereocenters. The van der Waals surface area contributed by atoms with Gasteiger partial charge in [0.15, 0.2) is 0 Å². The molecule has 1 aliphatic rings. The van der Waals surface area contributed by atoms with Crippen LogP contribution in [0.3, 0.4) is 0 Å². The van der Waals surface area contributed by atoms with Crippen LogP contribution >= 0.6 is 0 Å². The Morgan fingerprint density at radius 3 is 2.82 bits per heavy atom. The van der Waals surface area contributed by atoms with Gasteiger partial charge in [-0.15, -0.1) is 0 Å². The van der Waals surface area contributed by atoms with Crippen molar-refractivity contribution in [2.24, 2.45) is 0 Å². The molecule has 1 fully saturated rings. The van der Waals surface area contributed by atoms with Gasteiger partial charge in [-0.1, -0.05) is 0 Å². The average molecular weight is 161 g/mol. The van der Waals surface area contributed by atoms with E-state index in [4.69, 9.17) is 4.74 Å². The summed E-state index contributed by atoms with van der Waals surface area (Å²) < 4.78 is 17.5. The van der Waals surface area contributed by atoms with E-state index in [0.717, 1.165) is 32.4 Å². The van der Waals surface area contributed by atoms with Crippen LogP contribution in [-0.4, -0.2) is 32.5 Å². The molecule has 0 spiro atoms. The molecule has 11 heavy (non-hydrogen) atoms. The molecule has 0 aromatic heterocycles. The molecule has 1 N–H and O–H groups in total. The van der Waals surface area contributed by atoms with Gasteiger partial charge in [0.25, 0.3) is 0 Å². The maximum absolute atomic E-state index is 12.6. The number of halogens is 1. The third-order valence-corrected chi connectivity index (χ3v) is 2.12. The second kappa shape index (κ2) is 4.67.